The maximum absolute atomic E-state index is 12.0. The summed E-state index contributed by atoms with van der Waals surface area (Å²) in [6, 6.07) is 6.57. The Bertz CT molecular complexity index is 479. The van der Waals surface area contributed by atoms with Crippen LogP contribution in [0.5, 0.6) is 5.75 Å². The fourth-order valence-corrected chi connectivity index (χ4v) is 1.60. The number of hydrogen-bond acceptors (Lipinski definition) is 5. The third kappa shape index (κ3) is 7.61. The number of ether oxygens (including phenoxy) is 3. The summed E-state index contributed by atoms with van der Waals surface area (Å²) in [5.41, 5.74) is 5.46. The Labute approximate surface area is 129 Å². The number of nitrogens with two attached hydrogens (primary N) is 1. The molecule has 0 saturated heterocycles. The monoisotopic (exact) mass is 310 g/mol. The highest BCUT2D eigenvalue weighted by Gasteiger charge is 2.06. The van der Waals surface area contributed by atoms with Gasteiger partial charge in [0.25, 0.3) is 11.8 Å². The lowest BCUT2D eigenvalue weighted by molar-refractivity contribution is -0.119. The molecule has 0 aromatic heterocycles. The molecule has 0 unspecified atom stereocenters. The number of carbonyl (C=O) groups is 2. The fourth-order valence-electron chi connectivity index (χ4n) is 1.60. The fraction of sp³-hybridized carbons (Fsp3) is 0.467. The molecule has 0 aliphatic rings. The van der Waals surface area contributed by atoms with Gasteiger partial charge < -0.3 is 25.3 Å². The Morgan fingerprint density at radius 2 is 2.05 bits per heavy atom. The molecule has 7 heteroatoms. The van der Waals surface area contributed by atoms with Crippen LogP contribution < -0.4 is 15.8 Å². The maximum Gasteiger partial charge on any atom is 0.255 e. The molecule has 0 fully saturated rings. The summed E-state index contributed by atoms with van der Waals surface area (Å²) in [6.07, 6.45) is 0.716. The van der Waals surface area contributed by atoms with Crippen LogP contribution in [0.4, 0.5) is 0 Å². The van der Waals surface area contributed by atoms with Crippen LogP contribution in [0, 0.1) is 0 Å². The van der Waals surface area contributed by atoms with Crippen LogP contribution in [-0.2, 0) is 14.3 Å². The molecule has 0 atom stereocenters. The molecule has 0 aliphatic heterocycles. The van der Waals surface area contributed by atoms with Crippen LogP contribution in [0.15, 0.2) is 24.3 Å². The van der Waals surface area contributed by atoms with Crippen LogP contribution in [0.1, 0.15) is 16.8 Å². The van der Waals surface area contributed by atoms with Gasteiger partial charge in [0.05, 0.1) is 13.2 Å². The van der Waals surface area contributed by atoms with E-state index in [9.17, 15) is 9.59 Å². The van der Waals surface area contributed by atoms with E-state index in [1.807, 2.05) is 0 Å². The summed E-state index contributed by atoms with van der Waals surface area (Å²) in [4.78, 5) is 22.6. The Hall–Kier alpha value is -2.12. The highest BCUT2D eigenvalue weighted by Crippen LogP contribution is 2.13. The maximum atomic E-state index is 12.0. The van der Waals surface area contributed by atoms with Crippen molar-refractivity contribution in [1.29, 1.82) is 0 Å². The van der Waals surface area contributed by atoms with E-state index in [4.69, 9.17) is 19.9 Å². The van der Waals surface area contributed by atoms with Gasteiger partial charge in [0, 0.05) is 25.8 Å². The second-order valence-electron chi connectivity index (χ2n) is 4.50. The van der Waals surface area contributed by atoms with E-state index in [1.165, 1.54) is 0 Å². The van der Waals surface area contributed by atoms with Crippen molar-refractivity contribution in [1.82, 2.24) is 5.32 Å². The number of benzene rings is 1. The van der Waals surface area contributed by atoms with Crippen molar-refractivity contribution in [2.45, 2.75) is 6.42 Å². The van der Waals surface area contributed by atoms with Gasteiger partial charge in [0.2, 0.25) is 0 Å². The summed E-state index contributed by atoms with van der Waals surface area (Å²) in [7, 11) is 1.62. The summed E-state index contributed by atoms with van der Waals surface area (Å²) in [5.74, 6) is -0.348. The van der Waals surface area contributed by atoms with Crippen molar-refractivity contribution < 1.29 is 23.8 Å². The number of methoxy groups -OCH3 is 1. The minimum atomic E-state index is -0.566. The molecule has 0 spiro atoms. The molecular formula is C15H22N2O5. The van der Waals surface area contributed by atoms with Gasteiger partial charge in [-0.05, 0) is 24.6 Å². The number of carbonyl (C=O) groups excluding carboxylic acids is 2. The molecule has 122 valence electrons. The number of hydrogen-bond donors (Lipinski definition) is 2. The van der Waals surface area contributed by atoms with E-state index in [1.54, 1.807) is 31.4 Å². The lowest BCUT2D eigenvalue weighted by Crippen LogP contribution is -2.25. The first kappa shape index (κ1) is 17.9. The molecule has 22 heavy (non-hydrogen) atoms. The SMILES string of the molecule is COCCOCCCNC(=O)c1cccc(OCC(N)=O)c1. The second kappa shape index (κ2) is 10.6. The smallest absolute Gasteiger partial charge is 0.255 e. The van der Waals surface area contributed by atoms with Gasteiger partial charge in [0.15, 0.2) is 6.61 Å². The molecule has 0 bridgehead atoms. The summed E-state index contributed by atoms with van der Waals surface area (Å²) in [5, 5.41) is 2.78. The quantitative estimate of drug-likeness (QED) is 0.574. The first-order valence-corrected chi connectivity index (χ1v) is 6.99. The Balaban J connectivity index is 2.29. The van der Waals surface area contributed by atoms with Gasteiger partial charge >= 0.3 is 0 Å². The van der Waals surface area contributed by atoms with Crippen LogP contribution in [0.3, 0.4) is 0 Å². The minimum Gasteiger partial charge on any atom is -0.484 e. The molecule has 7 nitrogen and oxygen atoms in total. The topological polar surface area (TPSA) is 99.9 Å². The van der Waals surface area contributed by atoms with Gasteiger partial charge in [-0.25, -0.2) is 0 Å². The number of nitrogens with one attached hydrogen (secondary N) is 1. The molecule has 1 rings (SSSR count). The number of amides is 2. The number of rotatable bonds is 11. The van der Waals surface area contributed by atoms with Crippen molar-refractivity contribution in [3.63, 3.8) is 0 Å². The van der Waals surface area contributed by atoms with E-state index in [0.717, 1.165) is 0 Å². The van der Waals surface area contributed by atoms with E-state index in [-0.39, 0.29) is 12.5 Å². The lowest BCUT2D eigenvalue weighted by Gasteiger charge is -2.08. The first-order chi connectivity index (χ1) is 10.6. The molecule has 0 aliphatic carbocycles. The predicted octanol–water partition coefficient (Wildman–Crippen LogP) is 0.334. The van der Waals surface area contributed by atoms with Gasteiger partial charge in [-0.2, -0.15) is 0 Å². The number of primary amides is 1. The van der Waals surface area contributed by atoms with Crippen molar-refractivity contribution in [3.8, 4) is 5.75 Å². The Morgan fingerprint density at radius 3 is 2.77 bits per heavy atom. The van der Waals surface area contributed by atoms with Gasteiger partial charge in [0.1, 0.15) is 5.75 Å². The van der Waals surface area contributed by atoms with Crippen molar-refractivity contribution in [2.75, 3.05) is 40.1 Å². The van der Waals surface area contributed by atoms with Crippen LogP contribution in [-0.4, -0.2) is 51.9 Å². The molecule has 0 heterocycles. The standard InChI is InChI=1S/C15H22N2O5/c1-20-8-9-21-7-3-6-17-15(19)12-4-2-5-13(10-12)22-11-14(16)18/h2,4-5,10H,3,6-9,11H2,1H3,(H2,16,18)(H,17,19). The van der Waals surface area contributed by atoms with Crippen LogP contribution >= 0.6 is 0 Å². The highest BCUT2D eigenvalue weighted by atomic mass is 16.5. The largest absolute Gasteiger partial charge is 0.484 e. The Kier molecular flexibility index (Phi) is 8.63. The van der Waals surface area contributed by atoms with Crippen molar-refractivity contribution in [3.05, 3.63) is 29.8 Å². The second-order valence-corrected chi connectivity index (χ2v) is 4.50. The molecule has 1 aromatic rings. The summed E-state index contributed by atoms with van der Waals surface area (Å²) >= 11 is 0. The normalized spacial score (nSPS) is 10.2. The van der Waals surface area contributed by atoms with Crippen LogP contribution in [0.2, 0.25) is 0 Å². The van der Waals surface area contributed by atoms with Gasteiger partial charge in [-0.3, -0.25) is 9.59 Å². The highest BCUT2D eigenvalue weighted by molar-refractivity contribution is 5.94. The van der Waals surface area contributed by atoms with E-state index < -0.39 is 5.91 Å². The Morgan fingerprint density at radius 1 is 1.23 bits per heavy atom. The third-order valence-corrected chi connectivity index (χ3v) is 2.66. The first-order valence-electron chi connectivity index (χ1n) is 6.99. The lowest BCUT2D eigenvalue weighted by atomic mass is 10.2. The minimum absolute atomic E-state index is 0.207. The van der Waals surface area contributed by atoms with Crippen molar-refractivity contribution >= 4 is 11.8 Å². The molecule has 0 radical (unpaired) electrons. The zero-order chi connectivity index (χ0) is 16.2. The van der Waals surface area contributed by atoms with E-state index in [2.05, 4.69) is 5.32 Å². The predicted molar refractivity (Wildman–Crippen MR) is 80.8 cm³/mol. The average molecular weight is 310 g/mol. The van der Waals surface area contributed by atoms with E-state index >= 15 is 0 Å². The molecule has 3 N–H and O–H groups in total. The summed E-state index contributed by atoms with van der Waals surface area (Å²) < 4.78 is 15.3. The summed E-state index contributed by atoms with van der Waals surface area (Å²) in [6.45, 7) is 1.96. The molecule has 0 saturated carbocycles. The third-order valence-electron chi connectivity index (χ3n) is 2.66. The average Bonchev–Trinajstić information content (AvgIpc) is 2.52. The molecule has 2 amide bonds. The van der Waals surface area contributed by atoms with Crippen molar-refractivity contribution in [2.24, 2.45) is 5.73 Å². The molecule has 1 aromatic carbocycles. The van der Waals surface area contributed by atoms with Gasteiger partial charge in [-0.1, -0.05) is 6.07 Å². The zero-order valence-corrected chi connectivity index (χ0v) is 12.7. The zero-order valence-electron chi connectivity index (χ0n) is 12.7. The molecular weight excluding hydrogens is 288 g/mol. The van der Waals surface area contributed by atoms with Gasteiger partial charge in [-0.15, -0.1) is 0 Å². The van der Waals surface area contributed by atoms with E-state index in [0.29, 0.717) is 44.1 Å². The van der Waals surface area contributed by atoms with Crippen LogP contribution in [0.25, 0.3) is 0 Å².